The molecule has 0 aliphatic rings. The largest absolute Gasteiger partial charge is 0.324 e. The highest BCUT2D eigenvalue weighted by Crippen LogP contribution is 2.19. The maximum absolute atomic E-state index is 12.7. The number of carbonyl (C=O) groups excluding carboxylic acids is 1. The number of aromatic amines is 1. The lowest BCUT2D eigenvalue weighted by atomic mass is 10.1. The van der Waals surface area contributed by atoms with Gasteiger partial charge in [0.25, 0.3) is 11.1 Å². The number of rotatable bonds is 5. The third kappa shape index (κ3) is 3.92. The molecule has 0 radical (unpaired) electrons. The predicted molar refractivity (Wildman–Crippen MR) is 109 cm³/mol. The number of anilines is 1. The molecule has 4 aromatic rings. The molecule has 30 heavy (non-hydrogen) atoms. The van der Waals surface area contributed by atoms with Crippen LogP contribution in [0, 0.1) is 0 Å². The van der Waals surface area contributed by atoms with Gasteiger partial charge in [0.1, 0.15) is 6.04 Å². The van der Waals surface area contributed by atoms with Gasteiger partial charge in [0.15, 0.2) is 5.82 Å². The summed E-state index contributed by atoms with van der Waals surface area (Å²) in [4.78, 5) is 36.0. The summed E-state index contributed by atoms with van der Waals surface area (Å²) in [6.07, 6.45) is 3.29. The van der Waals surface area contributed by atoms with Gasteiger partial charge in [-0.2, -0.15) is 10.2 Å². The van der Waals surface area contributed by atoms with Crippen LogP contribution in [0.3, 0.4) is 0 Å². The summed E-state index contributed by atoms with van der Waals surface area (Å²) >= 11 is 0. The van der Waals surface area contributed by atoms with Gasteiger partial charge in [0.2, 0.25) is 5.91 Å². The molecule has 10 heteroatoms. The second kappa shape index (κ2) is 7.95. The number of aromatic nitrogens is 6. The maximum Gasteiger partial charge on any atom is 0.267 e. The third-order valence-electron chi connectivity index (χ3n) is 4.42. The lowest BCUT2D eigenvalue weighted by molar-refractivity contribution is -0.119. The molecule has 1 unspecified atom stereocenters. The fourth-order valence-electron chi connectivity index (χ4n) is 2.81. The van der Waals surface area contributed by atoms with Crippen molar-refractivity contribution in [1.29, 1.82) is 0 Å². The van der Waals surface area contributed by atoms with Gasteiger partial charge in [-0.05, 0) is 37.3 Å². The molecule has 3 heterocycles. The minimum atomic E-state index is -0.839. The van der Waals surface area contributed by atoms with Crippen molar-refractivity contribution in [2.75, 3.05) is 5.32 Å². The number of hydrogen-bond donors (Lipinski definition) is 2. The topological polar surface area (TPSA) is 128 Å². The maximum atomic E-state index is 12.7. The second-order valence-corrected chi connectivity index (χ2v) is 6.47. The molecule has 0 bridgehead atoms. The molecular formula is C20H17N7O3. The van der Waals surface area contributed by atoms with E-state index in [9.17, 15) is 14.4 Å². The lowest BCUT2D eigenvalue weighted by Gasteiger charge is -2.15. The van der Waals surface area contributed by atoms with Crippen LogP contribution in [0.5, 0.6) is 0 Å². The quantitative estimate of drug-likeness (QED) is 0.518. The summed E-state index contributed by atoms with van der Waals surface area (Å²) in [5.74, 6) is 0.0362. The van der Waals surface area contributed by atoms with E-state index in [1.165, 1.54) is 16.8 Å². The van der Waals surface area contributed by atoms with E-state index in [-0.39, 0.29) is 5.56 Å². The minimum Gasteiger partial charge on any atom is -0.324 e. The van der Waals surface area contributed by atoms with Crippen molar-refractivity contribution in [3.8, 4) is 17.1 Å². The van der Waals surface area contributed by atoms with Crippen molar-refractivity contribution < 1.29 is 4.79 Å². The molecule has 1 amide bonds. The Balaban J connectivity index is 1.51. The number of nitrogens with one attached hydrogen (secondary N) is 2. The van der Waals surface area contributed by atoms with Crippen LogP contribution in [0.2, 0.25) is 0 Å². The van der Waals surface area contributed by atoms with Crippen LogP contribution in [0.15, 0.2) is 76.6 Å². The number of amides is 1. The van der Waals surface area contributed by atoms with Gasteiger partial charge >= 0.3 is 0 Å². The molecule has 2 N–H and O–H groups in total. The van der Waals surface area contributed by atoms with Crippen molar-refractivity contribution in [1.82, 2.24) is 29.8 Å². The van der Waals surface area contributed by atoms with E-state index in [0.29, 0.717) is 17.2 Å². The molecule has 0 spiro atoms. The molecule has 1 aromatic carbocycles. The average Bonchev–Trinajstić information content (AvgIpc) is 3.30. The Kier molecular flexibility index (Phi) is 5.04. The number of hydrogen-bond acceptors (Lipinski definition) is 6. The molecule has 0 aliphatic carbocycles. The predicted octanol–water partition coefficient (Wildman–Crippen LogP) is 1.38. The first kappa shape index (κ1) is 19.0. The fraction of sp³-hybridized carbons (Fsp3) is 0.100. The van der Waals surface area contributed by atoms with E-state index in [4.69, 9.17) is 0 Å². The first-order chi connectivity index (χ1) is 14.5. The highest BCUT2D eigenvalue weighted by molar-refractivity contribution is 5.93. The first-order valence-corrected chi connectivity index (χ1v) is 9.08. The molecule has 0 fully saturated rings. The number of nitrogens with zero attached hydrogens (tertiary/aromatic N) is 5. The van der Waals surface area contributed by atoms with E-state index in [1.807, 2.05) is 0 Å². The minimum absolute atomic E-state index is 0.280. The summed E-state index contributed by atoms with van der Waals surface area (Å²) in [5, 5.41) is 17.4. The summed E-state index contributed by atoms with van der Waals surface area (Å²) < 4.78 is 2.62. The Labute approximate surface area is 169 Å². The van der Waals surface area contributed by atoms with E-state index >= 15 is 0 Å². The Hall–Kier alpha value is -4.34. The van der Waals surface area contributed by atoms with Crippen LogP contribution in [-0.4, -0.2) is 35.7 Å². The zero-order chi connectivity index (χ0) is 21.1. The summed E-state index contributed by atoms with van der Waals surface area (Å²) in [7, 11) is 0. The zero-order valence-electron chi connectivity index (χ0n) is 15.9. The average molecular weight is 403 g/mol. The number of benzene rings is 1. The van der Waals surface area contributed by atoms with Crippen molar-refractivity contribution in [3.63, 3.8) is 0 Å². The van der Waals surface area contributed by atoms with Gasteiger partial charge in [0, 0.05) is 35.8 Å². The standard InChI is InChI=1S/C20H17N7O3/c1-13(27-19(29)10-8-17(25-27)26-12-2-11-21-26)20(30)22-15-5-3-14(4-6-15)16-7-9-18(28)24-23-16/h2-13H,1H3,(H,22,30)(H,24,28). The van der Waals surface area contributed by atoms with Gasteiger partial charge in [-0.1, -0.05) is 12.1 Å². The molecule has 150 valence electrons. The van der Waals surface area contributed by atoms with E-state index in [0.717, 1.165) is 10.2 Å². The first-order valence-electron chi connectivity index (χ1n) is 9.08. The molecule has 1 atom stereocenters. The Bertz CT molecular complexity index is 1270. The van der Waals surface area contributed by atoms with Crippen molar-refractivity contribution >= 4 is 11.6 Å². The molecule has 10 nitrogen and oxygen atoms in total. The van der Waals surface area contributed by atoms with E-state index in [2.05, 4.69) is 25.7 Å². The van der Waals surface area contributed by atoms with Crippen LogP contribution in [0.25, 0.3) is 17.1 Å². The molecule has 0 saturated carbocycles. The summed E-state index contributed by atoms with van der Waals surface area (Å²) in [5.41, 5.74) is 1.26. The molecule has 3 aromatic heterocycles. The Morgan fingerprint density at radius 3 is 2.53 bits per heavy atom. The molecule has 0 saturated heterocycles. The second-order valence-electron chi connectivity index (χ2n) is 6.47. The normalized spacial score (nSPS) is 11.8. The smallest absolute Gasteiger partial charge is 0.267 e. The van der Waals surface area contributed by atoms with Crippen LogP contribution < -0.4 is 16.4 Å². The van der Waals surface area contributed by atoms with Gasteiger partial charge in [-0.3, -0.25) is 14.4 Å². The van der Waals surface area contributed by atoms with Crippen LogP contribution in [0.1, 0.15) is 13.0 Å². The zero-order valence-corrected chi connectivity index (χ0v) is 15.9. The molecular weight excluding hydrogens is 386 g/mol. The number of carbonyl (C=O) groups is 1. The van der Waals surface area contributed by atoms with E-state index < -0.39 is 17.5 Å². The fourth-order valence-corrected chi connectivity index (χ4v) is 2.81. The monoisotopic (exact) mass is 403 g/mol. The van der Waals surface area contributed by atoms with Crippen molar-refractivity contribution in [2.45, 2.75) is 13.0 Å². The highest BCUT2D eigenvalue weighted by atomic mass is 16.2. The molecule has 0 aliphatic heterocycles. The van der Waals surface area contributed by atoms with Crippen LogP contribution in [0.4, 0.5) is 5.69 Å². The Morgan fingerprint density at radius 2 is 1.87 bits per heavy atom. The Morgan fingerprint density at radius 1 is 1.07 bits per heavy atom. The van der Waals surface area contributed by atoms with Crippen molar-refractivity contribution in [3.05, 3.63) is 87.7 Å². The van der Waals surface area contributed by atoms with Gasteiger partial charge in [-0.15, -0.1) is 5.10 Å². The SMILES string of the molecule is CC(C(=O)Nc1ccc(-c2ccc(=O)[nH]n2)cc1)n1nc(-n2cccn2)ccc1=O. The van der Waals surface area contributed by atoms with Crippen LogP contribution >= 0.6 is 0 Å². The van der Waals surface area contributed by atoms with Gasteiger partial charge in [-0.25, -0.2) is 14.5 Å². The van der Waals surface area contributed by atoms with Gasteiger partial charge in [0.05, 0.1) is 5.69 Å². The van der Waals surface area contributed by atoms with E-state index in [1.54, 1.807) is 61.8 Å². The third-order valence-corrected chi connectivity index (χ3v) is 4.42. The van der Waals surface area contributed by atoms with Crippen molar-refractivity contribution in [2.24, 2.45) is 0 Å². The molecule has 4 rings (SSSR count). The van der Waals surface area contributed by atoms with Crippen LogP contribution in [-0.2, 0) is 4.79 Å². The highest BCUT2D eigenvalue weighted by Gasteiger charge is 2.18. The lowest BCUT2D eigenvalue weighted by Crippen LogP contribution is -2.33. The number of H-pyrrole nitrogens is 1. The summed E-state index contributed by atoms with van der Waals surface area (Å²) in [6, 6.07) is 13.7. The van der Waals surface area contributed by atoms with Gasteiger partial charge < -0.3 is 5.32 Å². The summed E-state index contributed by atoms with van der Waals surface area (Å²) in [6.45, 7) is 1.59.